The van der Waals surface area contributed by atoms with E-state index in [1.165, 1.54) is 0 Å². The van der Waals surface area contributed by atoms with Gasteiger partial charge in [-0.15, -0.1) is 0 Å². The van der Waals surface area contributed by atoms with E-state index in [0.29, 0.717) is 12.3 Å². The first-order valence-corrected chi connectivity index (χ1v) is 5.37. The summed E-state index contributed by atoms with van der Waals surface area (Å²) >= 11 is 0. The molecule has 84 valence electrons. The van der Waals surface area contributed by atoms with Crippen molar-refractivity contribution in [3.05, 3.63) is 48.4 Å². The van der Waals surface area contributed by atoms with Gasteiger partial charge in [0.2, 0.25) is 0 Å². The SMILES string of the molecule is NCc1cc(-c2ccc3ncccc3c2)no1. The van der Waals surface area contributed by atoms with Crippen molar-refractivity contribution in [2.24, 2.45) is 5.73 Å². The third-order valence-corrected chi connectivity index (χ3v) is 2.66. The number of pyridine rings is 1. The van der Waals surface area contributed by atoms with Gasteiger partial charge < -0.3 is 10.3 Å². The normalized spacial score (nSPS) is 10.9. The predicted octanol–water partition coefficient (Wildman–Crippen LogP) is 2.35. The van der Waals surface area contributed by atoms with Gasteiger partial charge in [0.1, 0.15) is 5.69 Å². The molecule has 0 unspecified atom stereocenters. The van der Waals surface area contributed by atoms with Gasteiger partial charge in [0.15, 0.2) is 5.76 Å². The molecule has 3 aromatic rings. The van der Waals surface area contributed by atoms with Crippen molar-refractivity contribution < 1.29 is 4.52 Å². The van der Waals surface area contributed by atoms with Gasteiger partial charge in [0, 0.05) is 23.2 Å². The quantitative estimate of drug-likeness (QED) is 0.727. The van der Waals surface area contributed by atoms with E-state index in [4.69, 9.17) is 10.3 Å². The summed E-state index contributed by atoms with van der Waals surface area (Å²) in [6, 6.07) is 11.8. The van der Waals surface area contributed by atoms with E-state index in [1.807, 2.05) is 36.4 Å². The van der Waals surface area contributed by atoms with Crippen LogP contribution in [0.25, 0.3) is 22.2 Å². The highest BCUT2D eigenvalue weighted by atomic mass is 16.5. The number of fused-ring (bicyclic) bond motifs is 1. The number of benzene rings is 1. The largest absolute Gasteiger partial charge is 0.359 e. The predicted molar refractivity (Wildman–Crippen MR) is 65.1 cm³/mol. The first-order valence-electron chi connectivity index (χ1n) is 5.37. The van der Waals surface area contributed by atoms with Crippen molar-refractivity contribution >= 4 is 10.9 Å². The van der Waals surface area contributed by atoms with Gasteiger partial charge in [-0.2, -0.15) is 0 Å². The van der Waals surface area contributed by atoms with E-state index in [1.54, 1.807) is 6.20 Å². The summed E-state index contributed by atoms with van der Waals surface area (Å²) in [5.41, 5.74) is 8.27. The summed E-state index contributed by atoms with van der Waals surface area (Å²) in [6.07, 6.45) is 1.78. The lowest BCUT2D eigenvalue weighted by Crippen LogP contribution is -1.92. The van der Waals surface area contributed by atoms with Crippen LogP contribution in [0, 0.1) is 0 Å². The average molecular weight is 225 g/mol. The fraction of sp³-hybridized carbons (Fsp3) is 0.0769. The summed E-state index contributed by atoms with van der Waals surface area (Å²) in [5, 5.41) is 5.07. The van der Waals surface area contributed by atoms with E-state index < -0.39 is 0 Å². The zero-order chi connectivity index (χ0) is 11.7. The number of nitrogens with zero attached hydrogens (tertiary/aromatic N) is 2. The first-order chi connectivity index (χ1) is 8.36. The molecule has 0 saturated heterocycles. The molecule has 0 atom stereocenters. The highest BCUT2D eigenvalue weighted by molar-refractivity contribution is 5.83. The van der Waals surface area contributed by atoms with Crippen LogP contribution in [0.3, 0.4) is 0 Å². The van der Waals surface area contributed by atoms with Crippen LogP contribution >= 0.6 is 0 Å². The summed E-state index contributed by atoms with van der Waals surface area (Å²) in [7, 11) is 0. The molecule has 0 aliphatic rings. The number of hydrogen-bond acceptors (Lipinski definition) is 4. The summed E-state index contributed by atoms with van der Waals surface area (Å²) in [6.45, 7) is 0.363. The van der Waals surface area contributed by atoms with E-state index in [2.05, 4.69) is 10.1 Å². The molecule has 0 amide bonds. The standard InChI is InChI=1S/C13H11N3O/c14-8-11-7-13(16-17-11)10-3-4-12-9(6-10)2-1-5-15-12/h1-7H,8,14H2. The Morgan fingerprint density at radius 2 is 2.12 bits per heavy atom. The second-order valence-electron chi connectivity index (χ2n) is 3.79. The second kappa shape index (κ2) is 3.99. The van der Waals surface area contributed by atoms with E-state index >= 15 is 0 Å². The van der Waals surface area contributed by atoms with Gasteiger partial charge in [-0.25, -0.2) is 0 Å². The molecule has 0 aliphatic heterocycles. The minimum atomic E-state index is 0.363. The highest BCUT2D eigenvalue weighted by Crippen LogP contribution is 2.23. The van der Waals surface area contributed by atoms with Crippen LogP contribution in [0.5, 0.6) is 0 Å². The molecule has 0 spiro atoms. The maximum absolute atomic E-state index is 5.49. The maximum atomic E-state index is 5.49. The third-order valence-electron chi connectivity index (χ3n) is 2.66. The molecule has 4 heteroatoms. The fourth-order valence-electron chi connectivity index (χ4n) is 1.78. The second-order valence-corrected chi connectivity index (χ2v) is 3.79. The molecule has 2 heterocycles. The molecule has 2 N–H and O–H groups in total. The van der Waals surface area contributed by atoms with E-state index in [0.717, 1.165) is 22.2 Å². The molecule has 4 nitrogen and oxygen atoms in total. The third kappa shape index (κ3) is 1.79. The number of rotatable bonds is 2. The smallest absolute Gasteiger partial charge is 0.150 e. The van der Waals surface area contributed by atoms with Gasteiger partial charge in [-0.1, -0.05) is 17.3 Å². The summed E-state index contributed by atoms with van der Waals surface area (Å²) in [5.74, 6) is 0.686. The highest BCUT2D eigenvalue weighted by Gasteiger charge is 2.06. The molecule has 0 fully saturated rings. The van der Waals surface area contributed by atoms with Crippen LogP contribution in [-0.2, 0) is 6.54 Å². The van der Waals surface area contributed by atoms with Crippen molar-refractivity contribution in [3.63, 3.8) is 0 Å². The van der Waals surface area contributed by atoms with Crippen LogP contribution < -0.4 is 5.73 Å². The Balaban J connectivity index is 2.11. The van der Waals surface area contributed by atoms with Crippen molar-refractivity contribution in [2.45, 2.75) is 6.54 Å². The maximum Gasteiger partial charge on any atom is 0.150 e. The minimum Gasteiger partial charge on any atom is -0.359 e. The molecule has 1 aromatic carbocycles. The van der Waals surface area contributed by atoms with Gasteiger partial charge >= 0.3 is 0 Å². The van der Waals surface area contributed by atoms with Crippen molar-refractivity contribution in [2.75, 3.05) is 0 Å². The van der Waals surface area contributed by atoms with Crippen LogP contribution in [0.2, 0.25) is 0 Å². The monoisotopic (exact) mass is 225 g/mol. The van der Waals surface area contributed by atoms with Crippen molar-refractivity contribution in [1.82, 2.24) is 10.1 Å². The molecule has 3 rings (SSSR count). The zero-order valence-corrected chi connectivity index (χ0v) is 9.13. The Kier molecular flexibility index (Phi) is 2.34. The van der Waals surface area contributed by atoms with E-state index in [9.17, 15) is 0 Å². The van der Waals surface area contributed by atoms with Crippen molar-refractivity contribution in [3.8, 4) is 11.3 Å². The lowest BCUT2D eigenvalue weighted by molar-refractivity contribution is 0.387. The Morgan fingerprint density at radius 1 is 1.18 bits per heavy atom. The summed E-state index contributed by atoms with van der Waals surface area (Å²) in [4.78, 5) is 4.27. The fourth-order valence-corrected chi connectivity index (χ4v) is 1.78. The van der Waals surface area contributed by atoms with Crippen LogP contribution in [0.15, 0.2) is 47.1 Å². The van der Waals surface area contributed by atoms with E-state index in [-0.39, 0.29) is 0 Å². The molecule has 0 radical (unpaired) electrons. The van der Waals surface area contributed by atoms with Crippen LogP contribution in [0.4, 0.5) is 0 Å². The Labute approximate surface area is 98.1 Å². The number of nitrogens with two attached hydrogens (primary N) is 1. The first kappa shape index (κ1) is 9.99. The topological polar surface area (TPSA) is 64.9 Å². The van der Waals surface area contributed by atoms with Gasteiger partial charge in [-0.3, -0.25) is 4.98 Å². The average Bonchev–Trinajstić information content (AvgIpc) is 2.87. The molecular formula is C13H11N3O. The Hall–Kier alpha value is -2.20. The van der Waals surface area contributed by atoms with Gasteiger partial charge in [0.05, 0.1) is 12.1 Å². The number of aromatic nitrogens is 2. The molecule has 0 bridgehead atoms. The molecule has 0 aliphatic carbocycles. The molecule has 2 aromatic heterocycles. The molecular weight excluding hydrogens is 214 g/mol. The zero-order valence-electron chi connectivity index (χ0n) is 9.13. The van der Waals surface area contributed by atoms with Gasteiger partial charge in [-0.05, 0) is 18.2 Å². The number of hydrogen-bond donors (Lipinski definition) is 1. The van der Waals surface area contributed by atoms with Gasteiger partial charge in [0.25, 0.3) is 0 Å². The summed E-state index contributed by atoms with van der Waals surface area (Å²) < 4.78 is 5.09. The Bertz CT molecular complexity index is 660. The lowest BCUT2D eigenvalue weighted by Gasteiger charge is -1.98. The minimum absolute atomic E-state index is 0.363. The van der Waals surface area contributed by atoms with Crippen LogP contribution in [-0.4, -0.2) is 10.1 Å². The lowest BCUT2D eigenvalue weighted by atomic mass is 10.1. The molecule has 17 heavy (non-hydrogen) atoms. The Morgan fingerprint density at radius 3 is 2.94 bits per heavy atom. The van der Waals surface area contributed by atoms with Crippen LogP contribution in [0.1, 0.15) is 5.76 Å². The van der Waals surface area contributed by atoms with Crippen molar-refractivity contribution in [1.29, 1.82) is 0 Å². The molecule has 0 saturated carbocycles.